The van der Waals surface area contributed by atoms with Crippen LogP contribution in [0.4, 0.5) is 4.39 Å². The Kier molecular flexibility index (Phi) is 4.33. The second-order valence-electron chi connectivity index (χ2n) is 5.86. The summed E-state index contributed by atoms with van der Waals surface area (Å²) in [6.45, 7) is 1.21. The number of halogens is 1. The highest BCUT2D eigenvalue weighted by molar-refractivity contribution is 6.02. The Labute approximate surface area is 146 Å². The maximum absolute atomic E-state index is 13.4. The van der Waals surface area contributed by atoms with E-state index in [1.807, 2.05) is 0 Å². The third kappa shape index (κ3) is 2.85. The van der Waals surface area contributed by atoms with Gasteiger partial charge >= 0.3 is 0 Å². The van der Waals surface area contributed by atoms with Crippen molar-refractivity contribution in [2.45, 2.75) is 13.0 Å². The number of benzene rings is 1. The molecule has 1 aromatic carbocycles. The van der Waals surface area contributed by atoms with E-state index in [1.54, 1.807) is 6.07 Å². The molecule has 0 saturated carbocycles. The van der Waals surface area contributed by atoms with E-state index in [0.29, 0.717) is 5.69 Å². The van der Waals surface area contributed by atoms with Gasteiger partial charge in [0.25, 0.3) is 11.5 Å². The lowest BCUT2D eigenvalue weighted by Crippen LogP contribution is -2.40. The molecule has 0 aliphatic heterocycles. The number of Topliss-reactive ketones (excluding diaryl/α,β-unsaturated/α-hetero) is 1. The van der Waals surface area contributed by atoms with Crippen molar-refractivity contribution in [3.63, 3.8) is 0 Å². The van der Waals surface area contributed by atoms with Crippen LogP contribution >= 0.6 is 0 Å². The number of likely N-dealkylation sites (N-methyl/N-ethyl adjacent to an activating group) is 1. The largest absolute Gasteiger partial charge is 0.347 e. The highest BCUT2D eigenvalue weighted by atomic mass is 19.1. The zero-order valence-electron chi connectivity index (χ0n) is 14.3. The Bertz CT molecular complexity index is 1070. The van der Waals surface area contributed by atoms with E-state index < -0.39 is 29.1 Å². The molecule has 0 N–H and O–H groups in total. The number of ketones is 1. The Hall–Kier alpha value is -3.43. The number of carbonyl (C=O) groups excluding carboxylic acids is 2. The summed E-state index contributed by atoms with van der Waals surface area (Å²) in [6.07, 6.45) is 1.09. The van der Waals surface area contributed by atoms with E-state index >= 15 is 0 Å². The van der Waals surface area contributed by atoms with Gasteiger partial charge in [0.1, 0.15) is 12.1 Å². The fourth-order valence-corrected chi connectivity index (χ4v) is 2.52. The highest BCUT2D eigenvalue weighted by Gasteiger charge is 2.29. The van der Waals surface area contributed by atoms with E-state index in [2.05, 4.69) is 15.3 Å². The molecule has 0 aliphatic rings. The Morgan fingerprint density at radius 2 is 2.00 bits per heavy atom. The van der Waals surface area contributed by atoms with E-state index in [4.69, 9.17) is 0 Å². The second-order valence-corrected chi connectivity index (χ2v) is 5.86. The first kappa shape index (κ1) is 17.4. The van der Waals surface area contributed by atoms with E-state index in [9.17, 15) is 18.8 Å². The molecule has 3 rings (SSSR count). The van der Waals surface area contributed by atoms with Gasteiger partial charge in [0, 0.05) is 14.1 Å². The molecule has 134 valence electrons. The summed E-state index contributed by atoms with van der Waals surface area (Å²) in [7, 11) is 2.96. The van der Waals surface area contributed by atoms with Gasteiger partial charge < -0.3 is 4.90 Å². The van der Waals surface area contributed by atoms with Gasteiger partial charge in [-0.05, 0) is 25.1 Å². The molecule has 0 fully saturated rings. The molecule has 9 nitrogen and oxygen atoms in total. The van der Waals surface area contributed by atoms with Gasteiger partial charge in [-0.1, -0.05) is 11.3 Å². The summed E-state index contributed by atoms with van der Waals surface area (Å²) in [6, 6.07) is 4.22. The minimum atomic E-state index is -1.34. The van der Waals surface area contributed by atoms with Gasteiger partial charge in [0.2, 0.25) is 0 Å². The maximum atomic E-state index is 13.4. The lowest BCUT2D eigenvalue weighted by atomic mass is 10.2. The molecular formula is C16H15FN6O3. The number of nitrogens with zero attached hydrogens (tertiary/aromatic N) is 6. The standard InChI is InChI=1S/C16H15FN6O3/c1-9(24)13(16(26)21(2)3)22-8-18-14-12(15(22)25)19-20-23(14)11-6-4-5-10(17)7-11/h4-8,13H,1-3H3. The fourth-order valence-electron chi connectivity index (χ4n) is 2.52. The summed E-state index contributed by atoms with van der Waals surface area (Å²) in [5, 5.41) is 7.63. The first-order chi connectivity index (χ1) is 12.3. The summed E-state index contributed by atoms with van der Waals surface area (Å²) in [5.41, 5.74) is -0.385. The van der Waals surface area contributed by atoms with Crippen molar-refractivity contribution >= 4 is 22.9 Å². The van der Waals surface area contributed by atoms with Crippen LogP contribution in [0, 0.1) is 5.82 Å². The van der Waals surface area contributed by atoms with Gasteiger partial charge in [-0.3, -0.25) is 19.0 Å². The monoisotopic (exact) mass is 358 g/mol. The van der Waals surface area contributed by atoms with Gasteiger partial charge in [-0.25, -0.2) is 9.37 Å². The van der Waals surface area contributed by atoms with Crippen LogP contribution in [0.15, 0.2) is 35.4 Å². The van der Waals surface area contributed by atoms with Crippen molar-refractivity contribution in [2.75, 3.05) is 14.1 Å². The SMILES string of the molecule is CC(=O)C(C(=O)N(C)C)n1cnc2c(nnn2-c2cccc(F)c2)c1=O. The number of hydrogen-bond acceptors (Lipinski definition) is 6. The molecule has 0 aliphatic carbocycles. The van der Waals surface area contributed by atoms with E-state index in [-0.39, 0.29) is 11.2 Å². The number of carbonyl (C=O) groups is 2. The topological polar surface area (TPSA) is 103 Å². The summed E-state index contributed by atoms with van der Waals surface area (Å²) >= 11 is 0. The Morgan fingerprint density at radius 3 is 2.62 bits per heavy atom. The number of amides is 1. The fraction of sp³-hybridized carbons (Fsp3) is 0.250. The van der Waals surface area contributed by atoms with Crippen molar-refractivity contribution in [1.82, 2.24) is 29.4 Å². The molecule has 26 heavy (non-hydrogen) atoms. The van der Waals surface area contributed by atoms with Crippen LogP contribution in [-0.2, 0) is 9.59 Å². The third-order valence-corrected chi connectivity index (χ3v) is 3.78. The third-order valence-electron chi connectivity index (χ3n) is 3.78. The molecule has 2 aromatic heterocycles. The Balaban J connectivity index is 2.18. The maximum Gasteiger partial charge on any atom is 0.284 e. The molecule has 0 saturated heterocycles. The molecule has 0 bridgehead atoms. The summed E-state index contributed by atoms with van der Waals surface area (Å²) < 4.78 is 15.6. The van der Waals surface area contributed by atoms with Crippen LogP contribution in [0.3, 0.4) is 0 Å². The minimum Gasteiger partial charge on any atom is -0.347 e. The van der Waals surface area contributed by atoms with E-state index in [1.165, 1.54) is 48.8 Å². The number of hydrogen-bond donors (Lipinski definition) is 0. The van der Waals surface area contributed by atoms with Crippen LogP contribution in [0.5, 0.6) is 0 Å². The Morgan fingerprint density at radius 1 is 1.27 bits per heavy atom. The van der Waals surface area contributed by atoms with E-state index in [0.717, 1.165) is 10.9 Å². The predicted molar refractivity (Wildman–Crippen MR) is 89.3 cm³/mol. The van der Waals surface area contributed by atoms with Crippen molar-refractivity contribution in [3.8, 4) is 5.69 Å². The average Bonchev–Trinajstić information content (AvgIpc) is 3.01. The molecule has 0 radical (unpaired) electrons. The molecular weight excluding hydrogens is 343 g/mol. The molecule has 1 atom stereocenters. The number of rotatable bonds is 4. The van der Waals surface area contributed by atoms with Crippen molar-refractivity contribution < 1.29 is 14.0 Å². The van der Waals surface area contributed by atoms with Gasteiger partial charge in [0.05, 0.1) is 5.69 Å². The van der Waals surface area contributed by atoms with Crippen LogP contribution in [-0.4, -0.2) is 55.2 Å². The zero-order valence-corrected chi connectivity index (χ0v) is 14.3. The number of fused-ring (bicyclic) bond motifs is 1. The molecule has 10 heteroatoms. The van der Waals surface area contributed by atoms with Gasteiger partial charge in [0.15, 0.2) is 23.0 Å². The van der Waals surface area contributed by atoms with Crippen LogP contribution < -0.4 is 5.56 Å². The first-order valence-corrected chi connectivity index (χ1v) is 7.61. The minimum absolute atomic E-state index is 0.0939. The van der Waals surface area contributed by atoms with Crippen LogP contribution in [0.1, 0.15) is 13.0 Å². The molecule has 1 unspecified atom stereocenters. The molecule has 2 heterocycles. The molecule has 1 amide bonds. The summed E-state index contributed by atoms with van der Waals surface area (Å²) in [5.74, 6) is -1.55. The quantitative estimate of drug-likeness (QED) is 0.623. The van der Waals surface area contributed by atoms with Crippen LogP contribution in [0.25, 0.3) is 16.9 Å². The molecule has 3 aromatic rings. The van der Waals surface area contributed by atoms with Crippen molar-refractivity contribution in [2.24, 2.45) is 0 Å². The smallest absolute Gasteiger partial charge is 0.284 e. The second kappa shape index (κ2) is 6.47. The number of aromatic nitrogens is 5. The zero-order chi connectivity index (χ0) is 19.0. The van der Waals surface area contributed by atoms with Gasteiger partial charge in [-0.15, -0.1) is 5.10 Å². The lowest BCUT2D eigenvalue weighted by Gasteiger charge is -2.19. The average molecular weight is 358 g/mol. The molecule has 0 spiro atoms. The van der Waals surface area contributed by atoms with Gasteiger partial charge in [-0.2, -0.15) is 4.68 Å². The lowest BCUT2D eigenvalue weighted by molar-refractivity contribution is -0.137. The predicted octanol–water partition coefficient (Wildman–Crippen LogP) is 0.335. The first-order valence-electron chi connectivity index (χ1n) is 7.61. The van der Waals surface area contributed by atoms with Crippen LogP contribution in [0.2, 0.25) is 0 Å². The highest BCUT2D eigenvalue weighted by Crippen LogP contribution is 2.15. The summed E-state index contributed by atoms with van der Waals surface area (Å²) in [4.78, 5) is 42.2. The normalized spacial score (nSPS) is 12.2. The van der Waals surface area contributed by atoms with Crippen molar-refractivity contribution in [1.29, 1.82) is 0 Å². The van der Waals surface area contributed by atoms with Crippen molar-refractivity contribution in [3.05, 3.63) is 46.8 Å².